The zero-order valence-corrected chi connectivity index (χ0v) is 11.1. The van der Waals surface area contributed by atoms with Gasteiger partial charge in [0, 0.05) is 12.2 Å². The number of aliphatic imine (C=N–C) groups is 1. The number of hydrogen-bond acceptors (Lipinski definition) is 1. The smallest absolute Gasteiger partial charge is 0.193 e. The highest BCUT2D eigenvalue weighted by molar-refractivity contribution is 5.92. The number of rotatable bonds is 5. The van der Waals surface area contributed by atoms with Crippen LogP contribution in [0.2, 0.25) is 0 Å². The molecule has 0 radical (unpaired) electrons. The summed E-state index contributed by atoms with van der Waals surface area (Å²) in [4.78, 5) is 4.29. The van der Waals surface area contributed by atoms with Crippen LogP contribution in [0.4, 0.5) is 5.69 Å². The molecule has 0 aliphatic carbocycles. The highest BCUT2D eigenvalue weighted by Gasteiger charge is 1.97. The number of nitrogens with one attached hydrogen (secondary N) is 1. The Hall–Kier alpha value is -1.51. The first kappa shape index (κ1) is 13.6. The number of benzene rings is 1. The Morgan fingerprint density at radius 1 is 1.24 bits per heavy atom. The molecule has 0 aliphatic rings. The van der Waals surface area contributed by atoms with Gasteiger partial charge in [-0.15, -0.1) is 0 Å². The van der Waals surface area contributed by atoms with Crippen molar-refractivity contribution in [2.24, 2.45) is 10.7 Å². The zero-order valence-electron chi connectivity index (χ0n) is 11.1. The maximum Gasteiger partial charge on any atom is 0.193 e. The van der Waals surface area contributed by atoms with Crippen LogP contribution in [0.25, 0.3) is 0 Å². The molecule has 1 aromatic rings. The van der Waals surface area contributed by atoms with E-state index in [1.54, 1.807) is 0 Å². The molecule has 3 nitrogen and oxygen atoms in total. The molecule has 1 rings (SSSR count). The second-order valence-corrected chi connectivity index (χ2v) is 4.40. The Balaban J connectivity index is 2.49. The molecule has 0 unspecified atom stereocenters. The van der Waals surface area contributed by atoms with Crippen molar-refractivity contribution in [2.45, 2.75) is 40.0 Å². The molecule has 17 heavy (non-hydrogen) atoms. The normalized spacial score (nSPS) is 11.6. The summed E-state index contributed by atoms with van der Waals surface area (Å²) in [6.07, 6.45) is 3.52. The maximum absolute atomic E-state index is 5.81. The molecule has 0 fully saturated rings. The van der Waals surface area contributed by atoms with Gasteiger partial charge in [-0.1, -0.05) is 25.8 Å². The molecule has 0 atom stereocenters. The van der Waals surface area contributed by atoms with Crippen LogP contribution in [0.15, 0.2) is 23.2 Å². The van der Waals surface area contributed by atoms with E-state index in [0.717, 1.165) is 18.7 Å². The monoisotopic (exact) mass is 233 g/mol. The molecule has 3 N–H and O–H groups in total. The molecule has 0 spiro atoms. The first-order valence-electron chi connectivity index (χ1n) is 6.27. The van der Waals surface area contributed by atoms with E-state index in [1.165, 1.54) is 24.0 Å². The molecule has 3 heteroatoms. The van der Waals surface area contributed by atoms with Crippen molar-refractivity contribution in [3.8, 4) is 0 Å². The molecule has 1 aromatic carbocycles. The van der Waals surface area contributed by atoms with Gasteiger partial charge in [0.05, 0.1) is 0 Å². The summed E-state index contributed by atoms with van der Waals surface area (Å²) in [6, 6.07) is 6.20. The molecular weight excluding hydrogens is 210 g/mol. The van der Waals surface area contributed by atoms with E-state index in [2.05, 4.69) is 43.2 Å². The van der Waals surface area contributed by atoms with Crippen molar-refractivity contribution in [1.82, 2.24) is 0 Å². The van der Waals surface area contributed by atoms with Crippen molar-refractivity contribution < 1.29 is 0 Å². The van der Waals surface area contributed by atoms with Crippen LogP contribution in [0.3, 0.4) is 0 Å². The summed E-state index contributed by atoms with van der Waals surface area (Å²) < 4.78 is 0. The first-order chi connectivity index (χ1) is 8.13. The van der Waals surface area contributed by atoms with Crippen molar-refractivity contribution in [3.63, 3.8) is 0 Å². The summed E-state index contributed by atoms with van der Waals surface area (Å²) in [5, 5.41) is 3.11. The second-order valence-electron chi connectivity index (χ2n) is 4.40. The number of anilines is 1. The molecule has 0 saturated heterocycles. The minimum absolute atomic E-state index is 0.504. The number of guanidine groups is 1. The van der Waals surface area contributed by atoms with Gasteiger partial charge in [-0.2, -0.15) is 0 Å². The lowest BCUT2D eigenvalue weighted by molar-refractivity contribution is 0.727. The number of hydrogen-bond donors (Lipinski definition) is 2. The van der Waals surface area contributed by atoms with Gasteiger partial charge in [-0.3, -0.25) is 4.99 Å². The summed E-state index contributed by atoms with van der Waals surface area (Å²) in [7, 11) is 0. The summed E-state index contributed by atoms with van der Waals surface area (Å²) in [6.45, 7) is 7.17. The minimum atomic E-state index is 0.504. The van der Waals surface area contributed by atoms with Crippen LogP contribution >= 0.6 is 0 Å². The van der Waals surface area contributed by atoms with Crippen molar-refractivity contribution in [3.05, 3.63) is 29.3 Å². The van der Waals surface area contributed by atoms with Gasteiger partial charge in [0.2, 0.25) is 0 Å². The van der Waals surface area contributed by atoms with Crippen LogP contribution in [-0.4, -0.2) is 12.5 Å². The maximum atomic E-state index is 5.81. The average molecular weight is 233 g/mol. The van der Waals surface area contributed by atoms with E-state index >= 15 is 0 Å². The van der Waals surface area contributed by atoms with Crippen molar-refractivity contribution in [1.29, 1.82) is 0 Å². The van der Waals surface area contributed by atoms with Gasteiger partial charge in [-0.25, -0.2) is 0 Å². The molecule has 0 heterocycles. The zero-order chi connectivity index (χ0) is 12.7. The van der Waals surface area contributed by atoms with Crippen LogP contribution in [0.1, 0.15) is 37.3 Å². The predicted octanol–water partition coefficient (Wildman–Crippen LogP) is 3.22. The Morgan fingerprint density at radius 3 is 2.65 bits per heavy atom. The van der Waals surface area contributed by atoms with E-state index in [9.17, 15) is 0 Å². The summed E-state index contributed by atoms with van der Waals surface area (Å²) >= 11 is 0. The molecule has 0 amide bonds. The van der Waals surface area contributed by atoms with E-state index in [0.29, 0.717) is 5.96 Å². The van der Waals surface area contributed by atoms with E-state index in [1.807, 2.05) is 6.07 Å². The number of nitrogens with zero attached hydrogens (tertiary/aromatic N) is 1. The molecule has 94 valence electrons. The van der Waals surface area contributed by atoms with E-state index in [4.69, 9.17) is 5.73 Å². The standard InChI is InChI=1S/C14H23N3/c1-4-5-6-9-16-14(15)17-13-8-7-11(2)12(3)10-13/h7-8,10H,4-6,9H2,1-3H3,(H3,15,16,17). The molecular formula is C14H23N3. The van der Waals surface area contributed by atoms with Gasteiger partial charge in [0.15, 0.2) is 5.96 Å². The Labute approximate surface area is 104 Å². The second kappa shape index (κ2) is 6.94. The minimum Gasteiger partial charge on any atom is -0.370 e. The van der Waals surface area contributed by atoms with Crippen molar-refractivity contribution >= 4 is 11.6 Å². The Morgan fingerprint density at radius 2 is 2.00 bits per heavy atom. The highest BCUT2D eigenvalue weighted by atomic mass is 15.1. The average Bonchev–Trinajstić information content (AvgIpc) is 2.30. The van der Waals surface area contributed by atoms with E-state index < -0.39 is 0 Å². The molecule has 0 saturated carbocycles. The lowest BCUT2D eigenvalue weighted by Gasteiger charge is -2.08. The lowest BCUT2D eigenvalue weighted by atomic mass is 10.1. The first-order valence-corrected chi connectivity index (χ1v) is 6.27. The molecule has 0 aliphatic heterocycles. The van der Waals surface area contributed by atoms with Gasteiger partial charge in [-0.05, 0) is 43.5 Å². The Kier molecular flexibility index (Phi) is 5.53. The largest absolute Gasteiger partial charge is 0.370 e. The van der Waals surface area contributed by atoms with Crippen LogP contribution in [-0.2, 0) is 0 Å². The van der Waals surface area contributed by atoms with Gasteiger partial charge >= 0.3 is 0 Å². The van der Waals surface area contributed by atoms with Crippen LogP contribution in [0.5, 0.6) is 0 Å². The fourth-order valence-electron chi connectivity index (χ4n) is 1.57. The van der Waals surface area contributed by atoms with E-state index in [-0.39, 0.29) is 0 Å². The summed E-state index contributed by atoms with van der Waals surface area (Å²) in [5.74, 6) is 0.504. The third-order valence-electron chi connectivity index (χ3n) is 2.82. The third kappa shape index (κ3) is 4.89. The SMILES string of the molecule is CCCCCN=C(N)Nc1ccc(C)c(C)c1. The van der Waals surface area contributed by atoms with Crippen LogP contribution < -0.4 is 11.1 Å². The lowest BCUT2D eigenvalue weighted by Crippen LogP contribution is -2.22. The Bertz CT molecular complexity index is 383. The third-order valence-corrected chi connectivity index (χ3v) is 2.82. The number of nitrogens with two attached hydrogens (primary N) is 1. The number of unbranched alkanes of at least 4 members (excludes halogenated alkanes) is 2. The quantitative estimate of drug-likeness (QED) is 0.466. The van der Waals surface area contributed by atoms with Gasteiger partial charge in [0.25, 0.3) is 0 Å². The predicted molar refractivity (Wildman–Crippen MR) is 75.6 cm³/mol. The van der Waals surface area contributed by atoms with Gasteiger partial charge < -0.3 is 11.1 Å². The highest BCUT2D eigenvalue weighted by Crippen LogP contribution is 2.13. The fourth-order valence-corrected chi connectivity index (χ4v) is 1.57. The van der Waals surface area contributed by atoms with Gasteiger partial charge in [0.1, 0.15) is 0 Å². The summed E-state index contributed by atoms with van der Waals surface area (Å²) in [5.41, 5.74) is 9.36. The molecule has 0 aromatic heterocycles. The molecule has 0 bridgehead atoms. The number of aryl methyl sites for hydroxylation is 2. The van der Waals surface area contributed by atoms with Crippen molar-refractivity contribution in [2.75, 3.05) is 11.9 Å². The van der Waals surface area contributed by atoms with Crippen LogP contribution in [0, 0.1) is 13.8 Å². The fraction of sp³-hybridized carbons (Fsp3) is 0.500. The topological polar surface area (TPSA) is 50.4 Å².